The lowest BCUT2D eigenvalue weighted by molar-refractivity contribution is -0.120. The number of carbonyl (C=O) groups excluding carboxylic acids is 1. The van der Waals surface area contributed by atoms with E-state index in [0.29, 0.717) is 5.69 Å². The summed E-state index contributed by atoms with van der Waals surface area (Å²) in [6.07, 6.45) is 2.00. The summed E-state index contributed by atoms with van der Waals surface area (Å²) in [4.78, 5) is 14.1. The molecule has 1 amide bonds. The van der Waals surface area contributed by atoms with Gasteiger partial charge in [-0.2, -0.15) is 0 Å². The summed E-state index contributed by atoms with van der Waals surface area (Å²) in [6.45, 7) is 3.32. The van der Waals surface area contributed by atoms with E-state index in [4.69, 9.17) is 4.74 Å². The van der Waals surface area contributed by atoms with E-state index in [1.807, 2.05) is 44.4 Å². The molecule has 3 aromatic carbocycles. The van der Waals surface area contributed by atoms with E-state index in [0.717, 1.165) is 20.3 Å². The molecule has 1 atom stereocenters. The van der Waals surface area contributed by atoms with Gasteiger partial charge in [0.15, 0.2) is 0 Å². The van der Waals surface area contributed by atoms with Gasteiger partial charge in [-0.1, -0.05) is 36.4 Å². The maximum Gasteiger partial charge on any atom is 0.268 e. The van der Waals surface area contributed by atoms with E-state index in [1.54, 1.807) is 60.3 Å². The molecule has 0 saturated carbocycles. The number of methoxy groups -OCH3 is 1. The van der Waals surface area contributed by atoms with Crippen molar-refractivity contribution in [1.82, 2.24) is 5.32 Å². The number of para-hydroxylation sites is 1. The van der Waals surface area contributed by atoms with Gasteiger partial charge in [0.2, 0.25) is 5.91 Å². The Balaban J connectivity index is 1.90. The predicted octanol–water partition coefficient (Wildman–Crippen LogP) is 4.80. The van der Waals surface area contributed by atoms with Crippen LogP contribution < -0.4 is 14.4 Å². The quantitative estimate of drug-likeness (QED) is 0.442. The third-order valence-electron chi connectivity index (χ3n) is 5.21. The van der Waals surface area contributed by atoms with Crippen LogP contribution in [0.4, 0.5) is 5.69 Å². The Morgan fingerprint density at radius 3 is 2.33 bits per heavy atom. The molecule has 1 N–H and O–H groups in total. The van der Waals surface area contributed by atoms with Gasteiger partial charge < -0.3 is 10.1 Å². The van der Waals surface area contributed by atoms with Crippen molar-refractivity contribution < 1.29 is 17.9 Å². The molecule has 0 spiro atoms. The molecule has 0 unspecified atom stereocenters. The summed E-state index contributed by atoms with van der Waals surface area (Å²) in [6, 6.07) is 21.2. The lowest BCUT2D eigenvalue weighted by Gasteiger charge is -2.26. The number of hydrogen-bond donors (Lipinski definition) is 1. The first kappa shape index (κ1) is 24.7. The van der Waals surface area contributed by atoms with Crippen molar-refractivity contribution in [1.29, 1.82) is 0 Å². The number of sulfonamides is 1. The Labute approximate surface area is 200 Å². The normalized spacial score (nSPS) is 12.1. The summed E-state index contributed by atoms with van der Waals surface area (Å²) >= 11 is 1.64. The maximum absolute atomic E-state index is 13.7. The second-order valence-corrected chi connectivity index (χ2v) is 10.3. The number of nitrogens with one attached hydrogen (secondary N) is 1. The highest BCUT2D eigenvalue weighted by Gasteiger charge is 2.30. The van der Waals surface area contributed by atoms with Gasteiger partial charge >= 0.3 is 0 Å². The van der Waals surface area contributed by atoms with Crippen LogP contribution >= 0.6 is 11.8 Å². The van der Waals surface area contributed by atoms with E-state index in [9.17, 15) is 13.2 Å². The fourth-order valence-electron chi connectivity index (χ4n) is 3.41. The third-order valence-corrected chi connectivity index (χ3v) is 7.75. The number of aryl methyl sites for hydroxylation is 1. The number of rotatable bonds is 9. The molecule has 0 saturated heterocycles. The van der Waals surface area contributed by atoms with Crippen molar-refractivity contribution in [3.05, 3.63) is 83.9 Å². The van der Waals surface area contributed by atoms with E-state index < -0.39 is 15.9 Å². The molecule has 0 aliphatic heterocycles. The number of anilines is 1. The standard InChI is InChI=1S/C25H28N2O4S2/c1-18-10-15-23(31-3)24(16-18)33(29,30)27(21-8-6-5-7-9-21)17-25(28)26-19(2)20-11-13-22(32-4)14-12-20/h5-16,19H,17H2,1-4H3,(H,26,28)/t19-/m0/s1. The van der Waals surface area contributed by atoms with Crippen LogP contribution in [-0.4, -0.2) is 34.2 Å². The second kappa shape index (κ2) is 10.8. The average molecular weight is 485 g/mol. The first-order chi connectivity index (χ1) is 15.8. The van der Waals surface area contributed by atoms with Gasteiger partial charge in [0.25, 0.3) is 10.0 Å². The molecular formula is C25H28N2O4S2. The van der Waals surface area contributed by atoms with E-state index >= 15 is 0 Å². The smallest absolute Gasteiger partial charge is 0.268 e. The topological polar surface area (TPSA) is 75.7 Å². The average Bonchev–Trinajstić information content (AvgIpc) is 2.83. The largest absolute Gasteiger partial charge is 0.495 e. The Morgan fingerprint density at radius 1 is 1.06 bits per heavy atom. The number of thioether (sulfide) groups is 1. The number of amides is 1. The molecule has 0 radical (unpaired) electrons. The molecule has 6 nitrogen and oxygen atoms in total. The van der Waals surface area contributed by atoms with Gasteiger partial charge in [0, 0.05) is 4.90 Å². The predicted molar refractivity (Wildman–Crippen MR) is 133 cm³/mol. The summed E-state index contributed by atoms with van der Waals surface area (Å²) in [7, 11) is -2.66. The second-order valence-electron chi connectivity index (χ2n) is 7.56. The summed E-state index contributed by atoms with van der Waals surface area (Å²) in [5.41, 5.74) is 2.11. The van der Waals surface area contributed by atoms with E-state index in [-0.39, 0.29) is 23.2 Å². The van der Waals surface area contributed by atoms with Crippen LogP contribution in [0.1, 0.15) is 24.1 Å². The zero-order valence-electron chi connectivity index (χ0n) is 19.1. The lowest BCUT2D eigenvalue weighted by Crippen LogP contribution is -2.41. The highest BCUT2D eigenvalue weighted by molar-refractivity contribution is 7.98. The highest BCUT2D eigenvalue weighted by Crippen LogP contribution is 2.31. The van der Waals surface area contributed by atoms with Crippen molar-refractivity contribution >= 4 is 33.4 Å². The van der Waals surface area contributed by atoms with Gasteiger partial charge in [-0.25, -0.2) is 8.42 Å². The molecule has 0 bridgehead atoms. The fraction of sp³-hybridized carbons (Fsp3) is 0.240. The minimum atomic E-state index is -4.08. The molecule has 174 valence electrons. The van der Waals surface area contributed by atoms with E-state index in [1.165, 1.54) is 7.11 Å². The minimum Gasteiger partial charge on any atom is -0.495 e. The molecule has 0 aliphatic rings. The number of ether oxygens (including phenoxy) is 1. The monoisotopic (exact) mass is 484 g/mol. The zero-order chi connectivity index (χ0) is 24.0. The maximum atomic E-state index is 13.7. The van der Waals surface area contributed by atoms with Gasteiger partial charge in [0.1, 0.15) is 17.2 Å². The van der Waals surface area contributed by atoms with Gasteiger partial charge in [-0.3, -0.25) is 9.10 Å². The van der Waals surface area contributed by atoms with Crippen LogP contribution in [0, 0.1) is 6.92 Å². The SMILES string of the molecule is COc1ccc(C)cc1S(=O)(=O)N(CC(=O)N[C@@H](C)c1ccc(SC)cc1)c1ccccc1. The van der Waals surface area contributed by atoms with Crippen molar-refractivity contribution in [2.45, 2.75) is 29.7 Å². The Kier molecular flexibility index (Phi) is 8.05. The van der Waals surface area contributed by atoms with E-state index in [2.05, 4.69) is 5.32 Å². The fourth-order valence-corrected chi connectivity index (χ4v) is 5.48. The molecule has 0 heterocycles. The molecular weight excluding hydrogens is 456 g/mol. The Hall–Kier alpha value is -2.97. The summed E-state index contributed by atoms with van der Waals surface area (Å²) in [5, 5.41) is 2.91. The van der Waals surface area contributed by atoms with Crippen LogP contribution in [0.3, 0.4) is 0 Å². The van der Waals surface area contributed by atoms with Crippen LogP contribution in [0.25, 0.3) is 0 Å². The number of nitrogens with zero attached hydrogens (tertiary/aromatic N) is 1. The first-order valence-electron chi connectivity index (χ1n) is 10.4. The Bertz CT molecular complexity index is 1200. The Morgan fingerprint density at radius 2 is 1.73 bits per heavy atom. The highest BCUT2D eigenvalue weighted by atomic mass is 32.2. The molecule has 0 aliphatic carbocycles. The van der Waals surface area contributed by atoms with Crippen molar-refractivity contribution in [3.8, 4) is 5.75 Å². The number of benzene rings is 3. The third kappa shape index (κ3) is 5.89. The molecule has 0 aromatic heterocycles. The summed E-state index contributed by atoms with van der Waals surface area (Å²) in [5.74, 6) is -0.181. The molecule has 3 rings (SSSR count). The molecule has 3 aromatic rings. The zero-order valence-corrected chi connectivity index (χ0v) is 20.7. The molecule has 0 fully saturated rings. The van der Waals surface area contributed by atoms with Crippen molar-refractivity contribution in [3.63, 3.8) is 0 Å². The number of hydrogen-bond acceptors (Lipinski definition) is 5. The molecule has 8 heteroatoms. The van der Waals surface area contributed by atoms with Crippen LogP contribution in [0.2, 0.25) is 0 Å². The van der Waals surface area contributed by atoms with Crippen LogP contribution in [0.15, 0.2) is 82.6 Å². The summed E-state index contributed by atoms with van der Waals surface area (Å²) < 4.78 is 33.8. The van der Waals surface area contributed by atoms with Crippen LogP contribution in [0.5, 0.6) is 5.75 Å². The van der Waals surface area contributed by atoms with Gasteiger partial charge in [-0.05, 0) is 67.6 Å². The van der Waals surface area contributed by atoms with Gasteiger partial charge in [-0.15, -0.1) is 11.8 Å². The van der Waals surface area contributed by atoms with Crippen molar-refractivity contribution in [2.75, 3.05) is 24.2 Å². The molecule has 33 heavy (non-hydrogen) atoms. The van der Waals surface area contributed by atoms with Crippen molar-refractivity contribution in [2.24, 2.45) is 0 Å². The lowest BCUT2D eigenvalue weighted by atomic mass is 10.1. The van der Waals surface area contributed by atoms with Gasteiger partial charge in [0.05, 0.1) is 18.8 Å². The first-order valence-corrected chi connectivity index (χ1v) is 13.1. The minimum absolute atomic E-state index is 0.0161. The van der Waals surface area contributed by atoms with Crippen LogP contribution in [-0.2, 0) is 14.8 Å². The number of carbonyl (C=O) groups is 1.